The van der Waals surface area contributed by atoms with Crippen LogP contribution in [0.5, 0.6) is 11.5 Å². The van der Waals surface area contributed by atoms with Gasteiger partial charge in [-0.1, -0.05) is 155 Å². The van der Waals surface area contributed by atoms with Crippen molar-refractivity contribution >= 4 is 33.2 Å². The number of hydrogen-bond donors (Lipinski definition) is 0. The Hall–Kier alpha value is -5.81. The second-order valence-electron chi connectivity index (χ2n) is 26.2. The molecule has 7 aromatic rings. The fraction of sp³-hybridized carbons (Fsp3) is 0.422. The third-order valence-electron chi connectivity index (χ3n) is 14.5. The molecule has 2 aromatic heterocycles. The Morgan fingerprint density at radius 1 is 0.391 bits per heavy atom. The molecular formula is C64H80N4O. The number of ether oxygens (including phenoxy) is 1. The standard InChI is InChI=1S/C64H80N4O/c1-40-41(2)67(39-66(40)50-32-47(62(12,13)14)31-48(33-50)63(15,16)17)51-34-49(64(18,19)20)35-53(37-51)69-52-22-23-54-55-29-42(43-27-45(60(6,7)8)30-46(28-43)61(9,10)11)21-24-56(55)68(57(54)38-52)58-36-44(25-26-65-58)59(3,4)5/h21-38H,39H2,1-20H3. The molecule has 0 aliphatic carbocycles. The molecule has 0 saturated carbocycles. The quantitative estimate of drug-likeness (QED) is 0.166. The van der Waals surface area contributed by atoms with Crippen LogP contribution in [0.3, 0.4) is 0 Å². The van der Waals surface area contributed by atoms with Crippen molar-refractivity contribution in [3.8, 4) is 28.4 Å². The number of benzene rings is 5. The van der Waals surface area contributed by atoms with Crippen LogP contribution in [0.15, 0.2) is 121 Å². The maximum atomic E-state index is 7.06. The summed E-state index contributed by atoms with van der Waals surface area (Å²) < 4.78 is 9.39. The van der Waals surface area contributed by atoms with Crippen molar-refractivity contribution in [2.24, 2.45) is 0 Å². The molecule has 3 heterocycles. The summed E-state index contributed by atoms with van der Waals surface area (Å²) in [6.07, 6.45) is 1.95. The Morgan fingerprint density at radius 2 is 0.870 bits per heavy atom. The molecule has 0 amide bonds. The van der Waals surface area contributed by atoms with E-state index in [0.717, 1.165) is 39.4 Å². The molecule has 5 heteroatoms. The lowest BCUT2D eigenvalue weighted by Crippen LogP contribution is -2.28. The first-order chi connectivity index (χ1) is 31.8. The second kappa shape index (κ2) is 17.0. The van der Waals surface area contributed by atoms with Crippen LogP contribution >= 0.6 is 0 Å². The molecule has 0 fully saturated rings. The largest absolute Gasteiger partial charge is 0.457 e. The van der Waals surface area contributed by atoms with Gasteiger partial charge in [-0.15, -0.1) is 0 Å². The fourth-order valence-corrected chi connectivity index (χ4v) is 9.45. The minimum absolute atomic E-state index is 0.0157. The Kier molecular flexibility index (Phi) is 12.2. The van der Waals surface area contributed by atoms with Gasteiger partial charge in [0, 0.05) is 51.9 Å². The van der Waals surface area contributed by atoms with Gasteiger partial charge in [-0.25, -0.2) is 4.98 Å². The van der Waals surface area contributed by atoms with E-state index < -0.39 is 0 Å². The van der Waals surface area contributed by atoms with Crippen LogP contribution in [0.4, 0.5) is 11.4 Å². The van der Waals surface area contributed by atoms with Crippen molar-refractivity contribution < 1.29 is 4.74 Å². The Bertz CT molecular complexity index is 3070. The fourth-order valence-electron chi connectivity index (χ4n) is 9.45. The summed E-state index contributed by atoms with van der Waals surface area (Å²) in [7, 11) is 0. The average molecular weight is 921 g/mol. The molecular weight excluding hydrogens is 841 g/mol. The summed E-state index contributed by atoms with van der Waals surface area (Å²) in [5, 5.41) is 2.35. The smallest absolute Gasteiger partial charge is 0.137 e. The Morgan fingerprint density at radius 3 is 1.38 bits per heavy atom. The highest BCUT2D eigenvalue weighted by molar-refractivity contribution is 6.10. The van der Waals surface area contributed by atoms with Crippen LogP contribution < -0.4 is 14.5 Å². The predicted molar refractivity (Wildman–Crippen MR) is 297 cm³/mol. The van der Waals surface area contributed by atoms with E-state index in [1.165, 1.54) is 67.0 Å². The van der Waals surface area contributed by atoms with Gasteiger partial charge in [-0.3, -0.25) is 4.57 Å². The molecule has 362 valence electrons. The van der Waals surface area contributed by atoms with Crippen molar-refractivity contribution in [2.45, 2.75) is 171 Å². The zero-order valence-corrected chi connectivity index (χ0v) is 45.8. The number of hydrogen-bond acceptors (Lipinski definition) is 4. The van der Waals surface area contributed by atoms with Crippen LogP contribution in [-0.2, 0) is 32.5 Å². The zero-order chi connectivity index (χ0) is 50.6. The van der Waals surface area contributed by atoms with E-state index >= 15 is 0 Å². The van der Waals surface area contributed by atoms with Gasteiger partial charge in [0.05, 0.1) is 17.7 Å². The van der Waals surface area contributed by atoms with Gasteiger partial charge in [0.1, 0.15) is 17.3 Å². The van der Waals surface area contributed by atoms with E-state index in [1.807, 2.05) is 6.20 Å². The number of anilines is 2. The normalized spacial score (nSPS) is 14.5. The van der Waals surface area contributed by atoms with Crippen molar-refractivity contribution in [1.82, 2.24) is 9.55 Å². The van der Waals surface area contributed by atoms with Crippen LogP contribution in [-0.4, -0.2) is 16.2 Å². The molecule has 1 aliphatic heterocycles. The van der Waals surface area contributed by atoms with Gasteiger partial charge < -0.3 is 14.5 Å². The molecule has 69 heavy (non-hydrogen) atoms. The number of pyridine rings is 1. The van der Waals surface area contributed by atoms with Crippen LogP contribution in [0.2, 0.25) is 0 Å². The topological polar surface area (TPSA) is 33.5 Å². The molecule has 0 atom stereocenters. The van der Waals surface area contributed by atoms with Crippen LogP contribution in [0, 0.1) is 0 Å². The minimum atomic E-state index is -0.110. The number of nitrogens with zero attached hydrogens (tertiary/aromatic N) is 4. The van der Waals surface area contributed by atoms with Crippen LogP contribution in [0.1, 0.15) is 172 Å². The summed E-state index contributed by atoms with van der Waals surface area (Å²) >= 11 is 0. The van der Waals surface area contributed by atoms with Crippen molar-refractivity contribution in [3.05, 3.63) is 154 Å². The van der Waals surface area contributed by atoms with Gasteiger partial charge in [0.15, 0.2) is 0 Å². The first-order valence-corrected chi connectivity index (χ1v) is 25.2. The zero-order valence-electron chi connectivity index (χ0n) is 45.8. The first-order valence-electron chi connectivity index (χ1n) is 25.2. The van der Waals surface area contributed by atoms with Crippen molar-refractivity contribution in [1.29, 1.82) is 0 Å². The molecule has 0 spiro atoms. The molecule has 1 aliphatic rings. The number of aromatic nitrogens is 2. The summed E-state index contributed by atoms with van der Waals surface area (Å²) in [6, 6.07) is 39.1. The van der Waals surface area contributed by atoms with Gasteiger partial charge in [-0.2, -0.15) is 0 Å². The molecule has 0 bridgehead atoms. The lowest BCUT2D eigenvalue weighted by molar-refractivity contribution is 0.479. The third kappa shape index (κ3) is 9.99. The highest BCUT2D eigenvalue weighted by atomic mass is 16.5. The molecule has 0 saturated heterocycles. The van der Waals surface area contributed by atoms with Gasteiger partial charge >= 0.3 is 0 Å². The van der Waals surface area contributed by atoms with Crippen LogP contribution in [0.25, 0.3) is 38.8 Å². The second-order valence-corrected chi connectivity index (χ2v) is 26.2. The minimum Gasteiger partial charge on any atom is -0.457 e. The molecule has 0 N–H and O–H groups in total. The van der Waals surface area contributed by atoms with Gasteiger partial charge in [0.2, 0.25) is 0 Å². The molecule has 0 unspecified atom stereocenters. The van der Waals surface area contributed by atoms with Gasteiger partial charge in [-0.05, 0) is 152 Å². The third-order valence-corrected chi connectivity index (χ3v) is 14.5. The summed E-state index contributed by atoms with van der Waals surface area (Å²) in [5.74, 6) is 2.49. The molecule has 5 nitrogen and oxygen atoms in total. The molecule has 5 aromatic carbocycles. The van der Waals surface area contributed by atoms with Gasteiger partial charge in [0.25, 0.3) is 0 Å². The molecule has 0 radical (unpaired) electrons. The number of fused-ring (bicyclic) bond motifs is 3. The highest BCUT2D eigenvalue weighted by Crippen LogP contribution is 2.43. The van der Waals surface area contributed by atoms with E-state index in [9.17, 15) is 0 Å². The van der Waals surface area contributed by atoms with E-state index in [0.29, 0.717) is 6.67 Å². The summed E-state index contributed by atoms with van der Waals surface area (Å²) in [6.45, 7) is 46.6. The maximum Gasteiger partial charge on any atom is 0.137 e. The lowest BCUT2D eigenvalue weighted by Gasteiger charge is -2.30. The first kappa shape index (κ1) is 49.6. The monoisotopic (exact) mass is 921 g/mol. The Labute approximate surface area is 415 Å². The van der Waals surface area contributed by atoms with Crippen molar-refractivity contribution in [2.75, 3.05) is 16.5 Å². The van der Waals surface area contributed by atoms with E-state index in [1.54, 1.807) is 0 Å². The maximum absolute atomic E-state index is 7.06. The van der Waals surface area contributed by atoms with E-state index in [2.05, 4.69) is 256 Å². The van der Waals surface area contributed by atoms with Crippen molar-refractivity contribution in [3.63, 3.8) is 0 Å². The van der Waals surface area contributed by atoms with E-state index in [4.69, 9.17) is 9.72 Å². The SMILES string of the molecule is CC1=C(C)N(c2cc(C(C)(C)C)cc(C(C)(C)C)c2)CN1c1cc(Oc2ccc3c4cc(-c5cc(C(C)(C)C)cc(C(C)(C)C)c5)ccc4n(-c4cc(C(C)(C)C)ccn4)c3c2)cc(C(C)(C)C)c1. The number of allylic oxidation sites excluding steroid dienone is 2. The molecule has 8 rings (SSSR count). The predicted octanol–water partition coefficient (Wildman–Crippen LogP) is 18.0. The average Bonchev–Trinajstić information content (AvgIpc) is 3.73. The summed E-state index contributed by atoms with van der Waals surface area (Å²) in [5.41, 5.74) is 17.3. The van der Waals surface area contributed by atoms with E-state index in [-0.39, 0.29) is 32.5 Å². The Balaban J connectivity index is 1.24. The summed E-state index contributed by atoms with van der Waals surface area (Å²) in [4.78, 5) is 9.98. The lowest BCUT2D eigenvalue weighted by atomic mass is 9.79. The number of rotatable bonds is 6. The highest BCUT2D eigenvalue weighted by Gasteiger charge is 2.31.